The lowest BCUT2D eigenvalue weighted by Crippen LogP contribution is -2.65. The summed E-state index contributed by atoms with van der Waals surface area (Å²) < 4.78 is 35.6. The molecule has 0 aromatic heterocycles. The number of rotatable bonds is 9. The summed E-state index contributed by atoms with van der Waals surface area (Å²) in [6, 6.07) is 0. The van der Waals surface area contributed by atoms with E-state index in [2.05, 4.69) is 13.5 Å². The van der Waals surface area contributed by atoms with Crippen molar-refractivity contribution in [3.8, 4) is 0 Å². The number of aliphatic hydroxyl groups excluding tert-OH is 11. The molecule has 18 heteroatoms. The summed E-state index contributed by atoms with van der Waals surface area (Å²) in [7, 11) is 0. The van der Waals surface area contributed by atoms with Gasteiger partial charge in [-0.25, -0.2) is 0 Å². The number of fused-ring (bicyclic) bond motifs is 3. The van der Waals surface area contributed by atoms with Gasteiger partial charge in [0.2, 0.25) is 6.29 Å². The van der Waals surface area contributed by atoms with Crippen molar-refractivity contribution in [1.82, 2.24) is 0 Å². The average molecular weight is 805 g/mol. The highest BCUT2D eigenvalue weighted by molar-refractivity contribution is 5.77. The van der Waals surface area contributed by atoms with Gasteiger partial charge in [-0.15, -0.1) is 0 Å². The Balaban J connectivity index is 1.10. The summed E-state index contributed by atoms with van der Waals surface area (Å²) in [6.07, 6.45) is -17.8. The molecule has 3 saturated heterocycles. The predicted molar refractivity (Wildman–Crippen MR) is 186 cm³/mol. The lowest BCUT2D eigenvalue weighted by molar-refractivity contribution is -0.378. The second-order valence-electron chi connectivity index (χ2n) is 18.0. The smallest absolute Gasteiger partial charge is 0.314 e. The third-order valence-corrected chi connectivity index (χ3v) is 15.0. The summed E-state index contributed by atoms with van der Waals surface area (Å²) in [6.45, 7) is 6.52. The lowest BCUT2D eigenvalue weighted by Gasteiger charge is -2.64. The molecule has 1 spiro atoms. The van der Waals surface area contributed by atoms with Crippen molar-refractivity contribution < 1.29 is 89.4 Å². The summed E-state index contributed by atoms with van der Waals surface area (Å²) in [5.41, 5.74) is -1.80. The molecule has 0 radical (unpaired) electrons. The molecule has 21 atom stereocenters. The molecule has 0 aromatic rings. The van der Waals surface area contributed by atoms with Gasteiger partial charge in [0.1, 0.15) is 73.2 Å². The molecule has 7 aliphatic rings. The highest BCUT2D eigenvalue weighted by atomic mass is 16.8. The van der Waals surface area contributed by atoms with Crippen molar-refractivity contribution >= 4 is 5.97 Å². The van der Waals surface area contributed by atoms with E-state index in [9.17, 15) is 61.0 Å². The first kappa shape index (κ1) is 42.7. The van der Waals surface area contributed by atoms with E-state index in [1.807, 2.05) is 6.92 Å². The van der Waals surface area contributed by atoms with Gasteiger partial charge in [0.25, 0.3) is 0 Å². The Kier molecular flexibility index (Phi) is 11.9. The first-order chi connectivity index (χ1) is 26.4. The molecule has 11 N–H and O–H groups in total. The topological polar surface area (TPSA) is 295 Å². The van der Waals surface area contributed by atoms with Crippen molar-refractivity contribution in [3.05, 3.63) is 12.2 Å². The van der Waals surface area contributed by atoms with Crippen LogP contribution in [0.4, 0.5) is 0 Å². The quantitative estimate of drug-likeness (QED) is 0.0631. The van der Waals surface area contributed by atoms with Crippen LogP contribution in [0.1, 0.15) is 71.6 Å². The number of aliphatic hydroxyl groups is 11. The maximum absolute atomic E-state index is 14.1. The van der Waals surface area contributed by atoms with Gasteiger partial charge >= 0.3 is 5.97 Å². The third kappa shape index (κ3) is 6.69. The van der Waals surface area contributed by atoms with E-state index < -0.39 is 129 Å². The Morgan fingerprint density at radius 2 is 1.21 bits per heavy atom. The highest BCUT2D eigenvalue weighted by Crippen LogP contribution is 2.73. The zero-order chi connectivity index (χ0) is 40.7. The minimum absolute atomic E-state index is 0.121. The molecule has 4 saturated carbocycles. The zero-order valence-corrected chi connectivity index (χ0v) is 31.8. The number of ether oxygens (including phenoxy) is 6. The minimum atomic E-state index is -1.81. The Hall–Kier alpha value is -1.43. The zero-order valence-electron chi connectivity index (χ0n) is 31.8. The van der Waals surface area contributed by atoms with Crippen LogP contribution in [-0.4, -0.2) is 180 Å². The van der Waals surface area contributed by atoms with Gasteiger partial charge < -0.3 is 84.6 Å². The normalized spacial score (nSPS) is 54.6. The van der Waals surface area contributed by atoms with E-state index in [0.717, 1.165) is 18.4 Å². The Labute approximate surface area is 324 Å². The third-order valence-electron chi connectivity index (χ3n) is 15.0. The number of carbonyl (C=O) groups is 1. The van der Waals surface area contributed by atoms with E-state index in [1.54, 1.807) is 0 Å². The number of esters is 1. The van der Waals surface area contributed by atoms with Crippen LogP contribution in [0.2, 0.25) is 0 Å². The molecule has 0 aromatic carbocycles. The molecular formula is C38H60O18. The van der Waals surface area contributed by atoms with Crippen LogP contribution in [0.5, 0.6) is 0 Å². The second kappa shape index (κ2) is 15.6. The Morgan fingerprint density at radius 3 is 1.82 bits per heavy atom. The monoisotopic (exact) mass is 804 g/mol. The average Bonchev–Trinajstić information content (AvgIpc) is 3.37. The van der Waals surface area contributed by atoms with Crippen LogP contribution < -0.4 is 0 Å². The van der Waals surface area contributed by atoms with Gasteiger partial charge in [-0.2, -0.15) is 0 Å². The van der Waals surface area contributed by atoms with Crippen LogP contribution >= 0.6 is 0 Å². The Bertz CT molecular complexity index is 1450. The van der Waals surface area contributed by atoms with Gasteiger partial charge in [0.15, 0.2) is 12.6 Å². The maximum Gasteiger partial charge on any atom is 0.314 e. The van der Waals surface area contributed by atoms with Crippen molar-refractivity contribution in [2.24, 2.45) is 28.1 Å². The van der Waals surface area contributed by atoms with Gasteiger partial charge in [0, 0.05) is 0 Å². The van der Waals surface area contributed by atoms with Crippen LogP contribution in [0, 0.1) is 28.1 Å². The SMILES string of the molecule is C=C1C[C@@]23CC[C@@H]4[C@@](C)(CCC[C@@]4(C)C(=O)O[C@H]4O[C@@H](CO)[C@H](O)[C@@H](O)[C@@H]4O)[C@@H]2CC[C@]1(O[C@@H]1O[C@H](CO)[C@@H](O)[C@H](O)[C@@H]1O[C@@H]1O[C@H](CO)[C@@H](O)[C@@H](O)[C@@H]1O)C3. The number of hydrogen-bond acceptors (Lipinski definition) is 18. The standard InChI is InChI=1S/C38H60O18/c1-16-11-37-9-5-20-35(2,7-4-8-36(20,3)34(50)55-32-29(49)26(46)23(43)18(13-40)52-32)21(37)6-10-38(16,15-37)56-33-30(27(47)24(44)19(14-41)53-33)54-31-28(48)25(45)22(42)17(12-39)51-31/h17-33,39-49H,1,4-15H2,2-3H3/t17-,18+,19-,20-,21+,22-,23+,24-,25-,26-,27+,28+,29+,30+,31+,32-,33+,35-,36-,37-,38+/m1/s1. The van der Waals surface area contributed by atoms with E-state index >= 15 is 0 Å². The van der Waals surface area contributed by atoms with Crippen LogP contribution in [0.15, 0.2) is 12.2 Å². The molecule has 3 aliphatic heterocycles. The van der Waals surface area contributed by atoms with Crippen molar-refractivity contribution in [2.45, 2.75) is 169 Å². The van der Waals surface area contributed by atoms with E-state index in [0.29, 0.717) is 44.9 Å². The first-order valence-electron chi connectivity index (χ1n) is 19.9. The largest absolute Gasteiger partial charge is 0.432 e. The van der Waals surface area contributed by atoms with Gasteiger partial charge in [-0.05, 0) is 86.5 Å². The second-order valence-corrected chi connectivity index (χ2v) is 18.0. The molecule has 320 valence electrons. The molecule has 7 fully saturated rings. The van der Waals surface area contributed by atoms with Gasteiger partial charge in [-0.1, -0.05) is 19.9 Å². The molecule has 7 rings (SSSR count). The summed E-state index contributed by atoms with van der Waals surface area (Å²) >= 11 is 0. The molecule has 4 aliphatic carbocycles. The lowest BCUT2D eigenvalue weighted by atomic mass is 9.41. The molecule has 18 nitrogen and oxygen atoms in total. The fourth-order valence-corrected chi connectivity index (χ4v) is 12.0. The summed E-state index contributed by atoms with van der Waals surface area (Å²) in [5.74, 6) is -0.591. The fourth-order valence-electron chi connectivity index (χ4n) is 12.0. The van der Waals surface area contributed by atoms with Crippen molar-refractivity contribution in [3.63, 3.8) is 0 Å². The maximum atomic E-state index is 14.1. The van der Waals surface area contributed by atoms with Gasteiger partial charge in [0.05, 0.1) is 30.8 Å². The molecule has 3 heterocycles. The van der Waals surface area contributed by atoms with E-state index in [-0.39, 0.29) is 22.7 Å². The Morgan fingerprint density at radius 1 is 0.679 bits per heavy atom. The number of carbonyl (C=O) groups excluding carboxylic acids is 1. The summed E-state index contributed by atoms with van der Waals surface area (Å²) in [4.78, 5) is 14.1. The van der Waals surface area contributed by atoms with E-state index in [1.165, 1.54) is 0 Å². The molecular weight excluding hydrogens is 744 g/mol. The van der Waals surface area contributed by atoms with Crippen LogP contribution in [-0.2, 0) is 33.2 Å². The molecule has 56 heavy (non-hydrogen) atoms. The van der Waals surface area contributed by atoms with Crippen LogP contribution in [0.3, 0.4) is 0 Å². The van der Waals surface area contributed by atoms with E-state index in [4.69, 9.17) is 28.4 Å². The first-order valence-corrected chi connectivity index (χ1v) is 19.9. The highest BCUT2D eigenvalue weighted by Gasteiger charge is 2.69. The minimum Gasteiger partial charge on any atom is -0.432 e. The molecule has 0 unspecified atom stereocenters. The molecule has 2 bridgehead atoms. The number of hydrogen-bond donors (Lipinski definition) is 11. The predicted octanol–water partition coefficient (Wildman–Crippen LogP) is -2.94. The van der Waals surface area contributed by atoms with Crippen molar-refractivity contribution in [2.75, 3.05) is 19.8 Å². The molecule has 0 amide bonds. The van der Waals surface area contributed by atoms with Crippen molar-refractivity contribution in [1.29, 1.82) is 0 Å². The van der Waals surface area contributed by atoms with Crippen LogP contribution in [0.25, 0.3) is 0 Å². The summed E-state index contributed by atoms with van der Waals surface area (Å²) in [5, 5.41) is 114. The fraction of sp³-hybridized carbons (Fsp3) is 0.921. The van der Waals surface area contributed by atoms with Gasteiger partial charge in [-0.3, -0.25) is 4.79 Å².